The third kappa shape index (κ3) is 6.59. The lowest BCUT2D eigenvalue weighted by atomic mass is 9.75. The zero-order valence-corrected chi connectivity index (χ0v) is 16.6. The first kappa shape index (κ1) is 22.4. The molecule has 1 rings (SSSR count). The van der Waals surface area contributed by atoms with Crippen LogP contribution in [0.1, 0.15) is 60.8 Å². The lowest BCUT2D eigenvalue weighted by Crippen LogP contribution is -2.40. The lowest BCUT2D eigenvalue weighted by molar-refractivity contribution is -0.183. The van der Waals surface area contributed by atoms with E-state index in [-0.39, 0.29) is 6.10 Å². The number of rotatable bonds is 7. The van der Waals surface area contributed by atoms with Crippen LogP contribution in [-0.2, 0) is 28.6 Å². The number of esters is 3. The van der Waals surface area contributed by atoms with Crippen LogP contribution >= 0.6 is 0 Å². The van der Waals surface area contributed by atoms with Crippen LogP contribution in [0.2, 0.25) is 0 Å². The smallest absolute Gasteiger partial charge is 0.347 e. The second-order valence-corrected chi connectivity index (χ2v) is 7.64. The van der Waals surface area contributed by atoms with Crippen LogP contribution in [0.15, 0.2) is 0 Å². The van der Waals surface area contributed by atoms with Gasteiger partial charge in [-0.3, -0.25) is 0 Å². The summed E-state index contributed by atoms with van der Waals surface area (Å²) >= 11 is 0. The molecule has 1 saturated carbocycles. The van der Waals surface area contributed by atoms with Gasteiger partial charge in [-0.15, -0.1) is 0 Å². The monoisotopic (exact) mass is 372 g/mol. The van der Waals surface area contributed by atoms with Crippen molar-refractivity contribution in [1.29, 1.82) is 0 Å². The fourth-order valence-corrected chi connectivity index (χ4v) is 3.13. The molecule has 7 nitrogen and oxygen atoms in total. The van der Waals surface area contributed by atoms with Crippen molar-refractivity contribution in [3.63, 3.8) is 0 Å². The van der Waals surface area contributed by atoms with Crippen molar-refractivity contribution < 1.29 is 33.7 Å². The van der Waals surface area contributed by atoms with Crippen molar-refractivity contribution in [3.8, 4) is 0 Å². The summed E-state index contributed by atoms with van der Waals surface area (Å²) in [5.74, 6) is -1.21. The Morgan fingerprint density at radius 1 is 0.885 bits per heavy atom. The van der Waals surface area contributed by atoms with Gasteiger partial charge in [-0.2, -0.15) is 0 Å². The van der Waals surface area contributed by atoms with Crippen LogP contribution in [0.3, 0.4) is 0 Å². The summed E-state index contributed by atoms with van der Waals surface area (Å²) in [6, 6.07) is 0. The van der Waals surface area contributed by atoms with Crippen molar-refractivity contribution >= 4 is 17.9 Å². The summed E-state index contributed by atoms with van der Waals surface area (Å²) in [6.45, 7) is 10.3. The lowest BCUT2D eigenvalue weighted by Gasteiger charge is -2.37. The molecule has 0 amide bonds. The van der Waals surface area contributed by atoms with Crippen LogP contribution in [0, 0.1) is 17.8 Å². The Kier molecular flexibility index (Phi) is 8.53. The molecule has 7 heteroatoms. The molecule has 0 radical (unpaired) electrons. The molecule has 0 aromatic rings. The maximum atomic E-state index is 12.3. The minimum absolute atomic E-state index is 0.183. The van der Waals surface area contributed by atoms with Crippen LogP contribution < -0.4 is 0 Å². The molecule has 1 aliphatic rings. The van der Waals surface area contributed by atoms with E-state index in [2.05, 4.69) is 20.8 Å². The highest BCUT2D eigenvalue weighted by atomic mass is 16.6. The molecule has 0 aromatic heterocycles. The summed E-state index contributed by atoms with van der Waals surface area (Å²) in [6.07, 6.45) is -0.903. The van der Waals surface area contributed by atoms with E-state index >= 15 is 0 Å². The minimum Gasteiger partial charge on any atom is -0.459 e. The molecule has 0 aliphatic heterocycles. The molecule has 0 aromatic carbocycles. The van der Waals surface area contributed by atoms with Gasteiger partial charge < -0.3 is 19.3 Å². The summed E-state index contributed by atoms with van der Waals surface area (Å²) in [5, 5.41) is 9.09. The molecule has 1 aliphatic carbocycles. The van der Waals surface area contributed by atoms with Crippen LogP contribution in [0.4, 0.5) is 0 Å². The molecule has 0 saturated heterocycles. The first-order chi connectivity index (χ1) is 12.0. The Hall–Kier alpha value is -1.63. The van der Waals surface area contributed by atoms with Gasteiger partial charge in [-0.05, 0) is 51.4 Å². The zero-order valence-electron chi connectivity index (χ0n) is 16.6. The van der Waals surface area contributed by atoms with Gasteiger partial charge in [0.2, 0.25) is 0 Å². The second kappa shape index (κ2) is 9.90. The zero-order chi connectivity index (χ0) is 20.0. The van der Waals surface area contributed by atoms with Gasteiger partial charge in [0.1, 0.15) is 12.2 Å². The van der Waals surface area contributed by atoms with Crippen molar-refractivity contribution in [2.45, 2.75) is 85.2 Å². The Bertz CT molecular complexity index is 500. The maximum Gasteiger partial charge on any atom is 0.347 e. The van der Waals surface area contributed by atoms with E-state index in [9.17, 15) is 14.4 Å². The highest BCUT2D eigenvalue weighted by molar-refractivity contribution is 5.83. The molecule has 0 heterocycles. The summed E-state index contributed by atoms with van der Waals surface area (Å²) in [4.78, 5) is 35.6. The summed E-state index contributed by atoms with van der Waals surface area (Å²) < 4.78 is 15.4. The number of carbonyl (C=O) groups excluding carboxylic acids is 3. The average Bonchev–Trinajstić information content (AvgIpc) is 2.53. The fraction of sp³-hybridized carbons (Fsp3) is 0.842. The van der Waals surface area contributed by atoms with Gasteiger partial charge in [0.15, 0.2) is 12.2 Å². The molecular weight excluding hydrogens is 340 g/mol. The van der Waals surface area contributed by atoms with Gasteiger partial charge in [0, 0.05) is 0 Å². The number of aliphatic hydroxyl groups is 1. The fourth-order valence-electron chi connectivity index (χ4n) is 3.13. The molecule has 26 heavy (non-hydrogen) atoms. The van der Waals surface area contributed by atoms with Crippen molar-refractivity contribution in [2.75, 3.05) is 0 Å². The summed E-state index contributed by atoms with van der Waals surface area (Å²) in [5.41, 5.74) is 0. The Labute approximate surface area is 155 Å². The predicted molar refractivity (Wildman–Crippen MR) is 94.0 cm³/mol. The Morgan fingerprint density at radius 3 is 1.96 bits per heavy atom. The topological polar surface area (TPSA) is 99.1 Å². The van der Waals surface area contributed by atoms with Crippen LogP contribution in [0.5, 0.6) is 0 Å². The van der Waals surface area contributed by atoms with Crippen LogP contribution in [0.25, 0.3) is 0 Å². The molecule has 150 valence electrons. The van der Waals surface area contributed by atoms with Gasteiger partial charge in [-0.25, -0.2) is 14.4 Å². The van der Waals surface area contributed by atoms with E-state index in [0.29, 0.717) is 17.8 Å². The first-order valence-corrected chi connectivity index (χ1v) is 9.32. The predicted octanol–water partition coefficient (Wildman–Crippen LogP) is 2.23. The van der Waals surface area contributed by atoms with Gasteiger partial charge in [0.25, 0.3) is 0 Å². The molecule has 0 bridgehead atoms. The molecular formula is C19H32O7. The van der Waals surface area contributed by atoms with Crippen molar-refractivity contribution in [1.82, 2.24) is 0 Å². The molecule has 6 unspecified atom stereocenters. The standard InChI is InChI=1S/C19H32O7/c1-10(2)15-8-7-11(3)9-16(15)26-19(23)14(6)25-18(22)13(5)24-17(21)12(4)20/h10-16,20H,7-9H2,1-6H3. The number of aliphatic hydroxyl groups excluding tert-OH is 1. The quantitative estimate of drug-likeness (QED) is 0.540. The minimum atomic E-state index is -1.34. The number of ether oxygens (including phenoxy) is 3. The molecule has 1 fully saturated rings. The third-order valence-electron chi connectivity index (χ3n) is 4.82. The number of carbonyl (C=O) groups is 3. The molecule has 1 N–H and O–H groups in total. The average molecular weight is 372 g/mol. The highest BCUT2D eigenvalue weighted by Gasteiger charge is 2.35. The van der Waals surface area contributed by atoms with Crippen molar-refractivity contribution in [2.24, 2.45) is 17.8 Å². The van der Waals surface area contributed by atoms with E-state index in [1.807, 2.05) is 0 Å². The third-order valence-corrected chi connectivity index (χ3v) is 4.82. The van der Waals surface area contributed by atoms with Crippen molar-refractivity contribution in [3.05, 3.63) is 0 Å². The normalized spacial score (nSPS) is 26.5. The van der Waals surface area contributed by atoms with E-state index in [1.54, 1.807) is 0 Å². The Morgan fingerprint density at radius 2 is 1.42 bits per heavy atom. The second-order valence-electron chi connectivity index (χ2n) is 7.64. The molecule has 0 spiro atoms. The van der Waals surface area contributed by atoms with E-state index < -0.39 is 36.2 Å². The largest absolute Gasteiger partial charge is 0.459 e. The first-order valence-electron chi connectivity index (χ1n) is 9.32. The number of hydrogen-bond donors (Lipinski definition) is 1. The highest BCUT2D eigenvalue weighted by Crippen LogP contribution is 2.35. The van der Waals surface area contributed by atoms with Gasteiger partial charge in [0.05, 0.1) is 0 Å². The number of hydrogen-bond acceptors (Lipinski definition) is 7. The van der Waals surface area contributed by atoms with E-state index in [0.717, 1.165) is 19.3 Å². The van der Waals surface area contributed by atoms with E-state index in [4.69, 9.17) is 19.3 Å². The Balaban J connectivity index is 2.57. The SMILES string of the molecule is CC1CCC(C(C)C)C(OC(=O)C(C)OC(=O)C(C)OC(=O)C(C)O)C1. The molecule has 6 atom stereocenters. The summed E-state index contributed by atoms with van der Waals surface area (Å²) in [7, 11) is 0. The van der Waals surface area contributed by atoms with E-state index in [1.165, 1.54) is 20.8 Å². The maximum absolute atomic E-state index is 12.3. The van der Waals surface area contributed by atoms with Gasteiger partial charge in [-0.1, -0.05) is 27.2 Å². The van der Waals surface area contributed by atoms with Crippen LogP contribution in [-0.4, -0.2) is 47.4 Å². The van der Waals surface area contributed by atoms with Gasteiger partial charge >= 0.3 is 17.9 Å².